The van der Waals surface area contributed by atoms with E-state index in [1.165, 1.54) is 5.56 Å². The molecule has 1 aromatic carbocycles. The van der Waals surface area contributed by atoms with Gasteiger partial charge in [0.05, 0.1) is 6.54 Å². The Morgan fingerprint density at radius 3 is 2.36 bits per heavy atom. The molecule has 0 radical (unpaired) electrons. The molecule has 1 aromatic rings. The zero-order valence-electron chi connectivity index (χ0n) is 13.8. The molecule has 0 aromatic heterocycles. The average molecular weight is 326 g/mol. The number of piperazine rings is 1. The summed E-state index contributed by atoms with van der Waals surface area (Å²) >= 11 is 0. The maximum atomic E-state index is 12.5. The molecule has 4 nitrogen and oxygen atoms in total. The van der Waals surface area contributed by atoms with Gasteiger partial charge in [0.2, 0.25) is 5.91 Å². The van der Waals surface area contributed by atoms with Crippen molar-refractivity contribution < 1.29 is 4.79 Å². The maximum absolute atomic E-state index is 12.5. The van der Waals surface area contributed by atoms with E-state index in [-0.39, 0.29) is 18.3 Å². The summed E-state index contributed by atoms with van der Waals surface area (Å²) in [6.07, 6.45) is 0. The molecule has 2 atom stereocenters. The van der Waals surface area contributed by atoms with Crippen molar-refractivity contribution in [2.24, 2.45) is 0 Å². The van der Waals surface area contributed by atoms with Crippen molar-refractivity contribution in [3.05, 3.63) is 35.9 Å². The molecule has 1 amide bonds. The average Bonchev–Trinajstić information content (AvgIpc) is 2.44. The highest BCUT2D eigenvalue weighted by molar-refractivity contribution is 5.85. The monoisotopic (exact) mass is 325 g/mol. The summed E-state index contributed by atoms with van der Waals surface area (Å²) in [6.45, 7) is 10.3. The highest BCUT2D eigenvalue weighted by Gasteiger charge is 2.24. The molecule has 1 aliphatic rings. The minimum atomic E-state index is 0. The van der Waals surface area contributed by atoms with Gasteiger partial charge in [0.15, 0.2) is 0 Å². The number of carbonyl (C=O) groups is 1. The Morgan fingerprint density at radius 2 is 1.82 bits per heavy atom. The van der Waals surface area contributed by atoms with E-state index >= 15 is 0 Å². The number of rotatable bonds is 5. The number of carbonyl (C=O) groups excluding carboxylic acids is 1. The van der Waals surface area contributed by atoms with Gasteiger partial charge < -0.3 is 10.2 Å². The number of nitrogens with one attached hydrogen (secondary N) is 1. The van der Waals surface area contributed by atoms with Gasteiger partial charge in [0.1, 0.15) is 0 Å². The van der Waals surface area contributed by atoms with E-state index in [1.807, 2.05) is 30.0 Å². The fourth-order valence-electron chi connectivity index (χ4n) is 3.04. The summed E-state index contributed by atoms with van der Waals surface area (Å²) in [5, 5.41) is 3.50. The maximum Gasteiger partial charge on any atom is 0.237 e. The minimum absolute atomic E-state index is 0. The number of benzene rings is 1. The van der Waals surface area contributed by atoms with Crippen molar-refractivity contribution in [2.75, 3.05) is 26.2 Å². The summed E-state index contributed by atoms with van der Waals surface area (Å²) < 4.78 is 0. The summed E-state index contributed by atoms with van der Waals surface area (Å²) in [6, 6.07) is 11.1. The zero-order valence-corrected chi connectivity index (χ0v) is 14.6. The van der Waals surface area contributed by atoms with Gasteiger partial charge in [0, 0.05) is 38.3 Å². The molecule has 0 aliphatic carbocycles. The highest BCUT2D eigenvalue weighted by atomic mass is 35.5. The largest absolute Gasteiger partial charge is 0.338 e. The second kappa shape index (κ2) is 9.13. The van der Waals surface area contributed by atoms with Gasteiger partial charge in [-0.2, -0.15) is 0 Å². The van der Waals surface area contributed by atoms with Crippen LogP contribution in [0.1, 0.15) is 26.3 Å². The van der Waals surface area contributed by atoms with Crippen LogP contribution in [0.15, 0.2) is 30.3 Å². The van der Waals surface area contributed by atoms with E-state index in [4.69, 9.17) is 0 Å². The lowest BCUT2D eigenvalue weighted by molar-refractivity contribution is -0.133. The van der Waals surface area contributed by atoms with Crippen LogP contribution in [-0.4, -0.2) is 54.0 Å². The molecule has 1 fully saturated rings. The molecule has 0 bridgehead atoms. The predicted molar refractivity (Wildman–Crippen MR) is 93.3 cm³/mol. The molecule has 22 heavy (non-hydrogen) atoms. The van der Waals surface area contributed by atoms with E-state index in [0.717, 1.165) is 19.6 Å². The Bertz CT molecular complexity index is 444. The van der Waals surface area contributed by atoms with Gasteiger partial charge in [-0.25, -0.2) is 0 Å². The number of halogens is 1. The lowest BCUT2D eigenvalue weighted by Gasteiger charge is -2.36. The Labute approximate surface area is 140 Å². The fraction of sp³-hybridized carbons (Fsp3) is 0.588. The quantitative estimate of drug-likeness (QED) is 0.901. The molecule has 124 valence electrons. The molecule has 1 aliphatic heterocycles. The summed E-state index contributed by atoms with van der Waals surface area (Å²) in [5.41, 5.74) is 1.19. The fourth-order valence-corrected chi connectivity index (χ4v) is 3.04. The van der Waals surface area contributed by atoms with Crippen molar-refractivity contribution in [3.8, 4) is 0 Å². The molecule has 1 saturated heterocycles. The van der Waals surface area contributed by atoms with Crippen LogP contribution >= 0.6 is 12.4 Å². The minimum Gasteiger partial charge on any atom is -0.338 e. The van der Waals surface area contributed by atoms with Crippen molar-refractivity contribution in [1.82, 2.24) is 15.1 Å². The topological polar surface area (TPSA) is 35.6 Å². The van der Waals surface area contributed by atoms with Gasteiger partial charge >= 0.3 is 0 Å². The molecule has 1 N–H and O–H groups in total. The Morgan fingerprint density at radius 1 is 1.23 bits per heavy atom. The highest BCUT2D eigenvalue weighted by Crippen LogP contribution is 2.08. The van der Waals surface area contributed by atoms with Gasteiger partial charge in [-0.05, 0) is 26.3 Å². The van der Waals surface area contributed by atoms with Gasteiger partial charge in [-0.3, -0.25) is 9.69 Å². The number of nitrogens with zero attached hydrogens (tertiary/aromatic N) is 2. The zero-order chi connectivity index (χ0) is 15.2. The second-order valence-electron chi connectivity index (χ2n) is 6.06. The van der Waals surface area contributed by atoms with Crippen LogP contribution in [0, 0.1) is 0 Å². The second-order valence-corrected chi connectivity index (χ2v) is 6.06. The van der Waals surface area contributed by atoms with Crippen molar-refractivity contribution in [2.45, 2.75) is 39.4 Å². The number of amides is 1. The van der Waals surface area contributed by atoms with E-state index < -0.39 is 0 Å². The molecular formula is C17H28ClN3O. The summed E-state index contributed by atoms with van der Waals surface area (Å²) in [7, 11) is 0. The smallest absolute Gasteiger partial charge is 0.237 e. The number of hydrogen-bond donors (Lipinski definition) is 1. The molecule has 0 spiro atoms. The first kappa shape index (κ1) is 18.9. The van der Waals surface area contributed by atoms with E-state index in [2.05, 4.69) is 36.2 Å². The van der Waals surface area contributed by atoms with Crippen LogP contribution in [0.3, 0.4) is 0 Å². The first-order valence-electron chi connectivity index (χ1n) is 7.88. The SMILES string of the molecule is CCN(Cc1ccccc1)C(=O)CN1CC(C)NC(C)C1.Cl. The van der Waals surface area contributed by atoms with Crippen LogP contribution < -0.4 is 5.32 Å². The molecule has 1 heterocycles. The molecule has 2 unspecified atom stereocenters. The Kier molecular flexibility index (Phi) is 7.87. The molecular weight excluding hydrogens is 298 g/mol. The van der Waals surface area contributed by atoms with E-state index in [0.29, 0.717) is 25.2 Å². The first-order valence-corrected chi connectivity index (χ1v) is 7.88. The van der Waals surface area contributed by atoms with Crippen LogP contribution in [0.5, 0.6) is 0 Å². The van der Waals surface area contributed by atoms with Crippen molar-refractivity contribution in [1.29, 1.82) is 0 Å². The lowest BCUT2D eigenvalue weighted by Crippen LogP contribution is -2.56. The predicted octanol–water partition coefficient (Wildman–Crippen LogP) is 2.14. The third-order valence-electron chi connectivity index (χ3n) is 3.94. The van der Waals surface area contributed by atoms with Crippen LogP contribution in [-0.2, 0) is 11.3 Å². The van der Waals surface area contributed by atoms with Crippen LogP contribution in [0.2, 0.25) is 0 Å². The normalized spacial score (nSPS) is 22.0. The Hall–Kier alpha value is -1.10. The molecule has 5 heteroatoms. The molecule has 0 saturated carbocycles. The van der Waals surface area contributed by atoms with E-state index in [9.17, 15) is 4.79 Å². The number of hydrogen-bond acceptors (Lipinski definition) is 3. The first-order chi connectivity index (χ1) is 10.1. The van der Waals surface area contributed by atoms with E-state index in [1.54, 1.807) is 0 Å². The van der Waals surface area contributed by atoms with Gasteiger partial charge in [0.25, 0.3) is 0 Å². The van der Waals surface area contributed by atoms with Gasteiger partial charge in [-0.1, -0.05) is 30.3 Å². The summed E-state index contributed by atoms with van der Waals surface area (Å²) in [4.78, 5) is 16.7. The standard InChI is InChI=1S/C17H27N3O.ClH/c1-4-20(12-16-8-6-5-7-9-16)17(21)13-19-10-14(2)18-15(3)11-19;/h5-9,14-15,18H,4,10-13H2,1-3H3;1H. The molecule has 2 rings (SSSR count). The summed E-state index contributed by atoms with van der Waals surface area (Å²) in [5.74, 6) is 0.225. The third-order valence-corrected chi connectivity index (χ3v) is 3.94. The van der Waals surface area contributed by atoms with Crippen LogP contribution in [0.4, 0.5) is 0 Å². The van der Waals surface area contributed by atoms with Gasteiger partial charge in [-0.15, -0.1) is 12.4 Å². The Balaban J connectivity index is 0.00000242. The lowest BCUT2D eigenvalue weighted by atomic mass is 10.1. The third kappa shape index (κ3) is 5.59. The number of likely N-dealkylation sites (N-methyl/N-ethyl adjacent to an activating group) is 1. The van der Waals surface area contributed by atoms with Crippen LogP contribution in [0.25, 0.3) is 0 Å². The van der Waals surface area contributed by atoms with Crippen molar-refractivity contribution >= 4 is 18.3 Å². The van der Waals surface area contributed by atoms with Crippen molar-refractivity contribution in [3.63, 3.8) is 0 Å².